The first-order valence-corrected chi connectivity index (χ1v) is 9.06. The summed E-state index contributed by atoms with van der Waals surface area (Å²) in [6.07, 6.45) is 0.684. The first-order chi connectivity index (χ1) is 8.42. The molecule has 0 heterocycles. The summed E-state index contributed by atoms with van der Waals surface area (Å²) in [6, 6.07) is 21.1. The fraction of sp³-hybridized carbons (Fsp3) is 0.200. The fourth-order valence-electron chi connectivity index (χ4n) is 1.84. The summed E-state index contributed by atoms with van der Waals surface area (Å²) >= 11 is -1.28. The van der Waals surface area contributed by atoms with Gasteiger partial charge in [0.2, 0.25) is 0 Å². The summed E-state index contributed by atoms with van der Waals surface area (Å²) in [6.45, 7) is -0.203. The Bertz CT molecular complexity index is 388. The summed E-state index contributed by atoms with van der Waals surface area (Å²) in [7, 11) is 0. The molecule has 0 saturated heterocycles. The van der Waals surface area contributed by atoms with Gasteiger partial charge in [-0.3, -0.25) is 0 Å². The first-order valence-electron chi connectivity index (χ1n) is 5.85. The molecule has 2 aromatic rings. The quantitative estimate of drug-likeness (QED) is 0.743. The molecule has 0 aliphatic carbocycles. The van der Waals surface area contributed by atoms with Gasteiger partial charge in [-0.15, -0.1) is 0 Å². The van der Waals surface area contributed by atoms with Crippen molar-refractivity contribution in [2.75, 3.05) is 6.67 Å². The van der Waals surface area contributed by atoms with Crippen LogP contribution in [0.2, 0.25) is 5.21 Å². The van der Waals surface area contributed by atoms with Crippen molar-refractivity contribution >= 4 is 23.4 Å². The average Bonchev–Trinajstić information content (AvgIpc) is 2.42. The Morgan fingerprint density at radius 3 is 1.65 bits per heavy atom. The van der Waals surface area contributed by atoms with E-state index in [2.05, 4.69) is 48.5 Å². The average molecular weight is 290 g/mol. The Hall–Kier alpha value is -1.07. The standard InChI is InChI=1S/C15H16AsF/c17-13-7-12-16(14-8-3-1-4-9-14)15-10-5-2-6-11-15/h1-6,8-11H,7,12-13H2. The van der Waals surface area contributed by atoms with Crippen molar-refractivity contribution < 1.29 is 4.39 Å². The first kappa shape index (κ1) is 12.4. The van der Waals surface area contributed by atoms with E-state index >= 15 is 0 Å². The van der Waals surface area contributed by atoms with Crippen molar-refractivity contribution in [1.29, 1.82) is 0 Å². The third kappa shape index (κ3) is 3.44. The number of alkyl halides is 1. The van der Waals surface area contributed by atoms with Crippen molar-refractivity contribution in [2.45, 2.75) is 11.6 Å². The molecule has 0 N–H and O–H groups in total. The molecular weight excluding hydrogens is 274 g/mol. The summed E-state index contributed by atoms with van der Waals surface area (Å²) in [5.74, 6) is 0. The second-order valence-corrected chi connectivity index (χ2v) is 8.77. The summed E-state index contributed by atoms with van der Waals surface area (Å²) < 4.78 is 15.2. The van der Waals surface area contributed by atoms with Crippen LogP contribution in [0.25, 0.3) is 0 Å². The van der Waals surface area contributed by atoms with Gasteiger partial charge in [0.25, 0.3) is 0 Å². The molecule has 0 atom stereocenters. The van der Waals surface area contributed by atoms with Crippen LogP contribution in [0.5, 0.6) is 0 Å². The predicted octanol–water partition coefficient (Wildman–Crippen LogP) is 2.66. The van der Waals surface area contributed by atoms with Gasteiger partial charge in [-0.1, -0.05) is 0 Å². The maximum absolute atomic E-state index is 12.4. The van der Waals surface area contributed by atoms with E-state index in [0.717, 1.165) is 5.21 Å². The van der Waals surface area contributed by atoms with E-state index in [1.807, 2.05) is 12.1 Å². The van der Waals surface area contributed by atoms with Gasteiger partial charge in [0.05, 0.1) is 0 Å². The van der Waals surface area contributed by atoms with Crippen molar-refractivity contribution in [3.8, 4) is 0 Å². The van der Waals surface area contributed by atoms with Crippen molar-refractivity contribution in [2.24, 2.45) is 0 Å². The number of hydrogen-bond acceptors (Lipinski definition) is 0. The van der Waals surface area contributed by atoms with Crippen LogP contribution in [-0.2, 0) is 0 Å². The fourth-order valence-corrected chi connectivity index (χ4v) is 6.70. The Labute approximate surface area is 107 Å². The summed E-state index contributed by atoms with van der Waals surface area (Å²) in [5.41, 5.74) is 0. The van der Waals surface area contributed by atoms with Gasteiger partial charge in [0.1, 0.15) is 0 Å². The minimum atomic E-state index is -1.28. The molecule has 0 unspecified atom stereocenters. The van der Waals surface area contributed by atoms with Gasteiger partial charge >= 0.3 is 107 Å². The van der Waals surface area contributed by atoms with E-state index in [-0.39, 0.29) is 6.67 Å². The molecule has 0 aliphatic heterocycles. The van der Waals surface area contributed by atoms with E-state index in [1.54, 1.807) is 0 Å². The second kappa shape index (κ2) is 6.61. The summed E-state index contributed by atoms with van der Waals surface area (Å²) in [4.78, 5) is 0. The SMILES string of the molecule is FCCC[As](c1ccccc1)c1ccccc1. The maximum atomic E-state index is 12.4. The van der Waals surface area contributed by atoms with E-state index in [1.165, 1.54) is 8.70 Å². The Morgan fingerprint density at radius 2 is 1.24 bits per heavy atom. The van der Waals surface area contributed by atoms with E-state index in [0.29, 0.717) is 6.42 Å². The molecule has 2 heteroatoms. The van der Waals surface area contributed by atoms with Crippen LogP contribution in [0.1, 0.15) is 6.42 Å². The van der Waals surface area contributed by atoms with Gasteiger partial charge < -0.3 is 0 Å². The third-order valence-electron chi connectivity index (χ3n) is 2.65. The Kier molecular flexibility index (Phi) is 4.82. The molecule has 0 bridgehead atoms. The van der Waals surface area contributed by atoms with E-state index in [9.17, 15) is 4.39 Å². The molecule has 0 amide bonds. The van der Waals surface area contributed by atoms with Crippen LogP contribution in [-0.4, -0.2) is 21.3 Å². The van der Waals surface area contributed by atoms with Crippen molar-refractivity contribution in [1.82, 2.24) is 0 Å². The molecule has 0 saturated carbocycles. The normalized spacial score (nSPS) is 10.7. The van der Waals surface area contributed by atoms with Gasteiger partial charge in [-0.25, -0.2) is 0 Å². The molecule has 2 aromatic carbocycles. The molecule has 2 rings (SSSR count). The van der Waals surface area contributed by atoms with Crippen LogP contribution in [0.4, 0.5) is 4.39 Å². The van der Waals surface area contributed by atoms with Gasteiger partial charge in [-0.2, -0.15) is 0 Å². The molecule has 0 fully saturated rings. The van der Waals surface area contributed by atoms with Gasteiger partial charge in [0, 0.05) is 0 Å². The van der Waals surface area contributed by atoms with Crippen LogP contribution in [0.3, 0.4) is 0 Å². The van der Waals surface area contributed by atoms with E-state index < -0.39 is 14.7 Å². The molecule has 0 spiro atoms. The molecule has 0 aliphatic rings. The third-order valence-corrected chi connectivity index (χ3v) is 8.12. The zero-order chi connectivity index (χ0) is 11.9. The van der Waals surface area contributed by atoms with Gasteiger partial charge in [-0.05, 0) is 0 Å². The second-order valence-electron chi connectivity index (χ2n) is 3.87. The zero-order valence-corrected chi connectivity index (χ0v) is 11.6. The molecular formula is C15H16AsF. The molecule has 17 heavy (non-hydrogen) atoms. The predicted molar refractivity (Wildman–Crippen MR) is 73.3 cm³/mol. The van der Waals surface area contributed by atoms with Crippen LogP contribution >= 0.6 is 0 Å². The Morgan fingerprint density at radius 1 is 0.765 bits per heavy atom. The van der Waals surface area contributed by atoms with Crippen LogP contribution < -0.4 is 8.70 Å². The van der Waals surface area contributed by atoms with Crippen molar-refractivity contribution in [3.63, 3.8) is 0 Å². The zero-order valence-electron chi connectivity index (χ0n) is 9.72. The van der Waals surface area contributed by atoms with Crippen LogP contribution in [0, 0.1) is 0 Å². The number of hydrogen-bond donors (Lipinski definition) is 0. The number of rotatable bonds is 5. The molecule has 0 nitrogen and oxygen atoms in total. The summed E-state index contributed by atoms with van der Waals surface area (Å²) in [5, 5.41) is 1.01. The monoisotopic (exact) mass is 290 g/mol. The minimum absolute atomic E-state index is 0.203. The van der Waals surface area contributed by atoms with E-state index in [4.69, 9.17) is 0 Å². The van der Waals surface area contributed by atoms with Crippen LogP contribution in [0.15, 0.2) is 60.7 Å². The van der Waals surface area contributed by atoms with Gasteiger partial charge in [0.15, 0.2) is 0 Å². The molecule has 88 valence electrons. The molecule has 0 radical (unpaired) electrons. The number of halogens is 1. The Balaban J connectivity index is 2.26. The number of benzene rings is 2. The topological polar surface area (TPSA) is 0 Å². The molecule has 0 aromatic heterocycles. The van der Waals surface area contributed by atoms with Crippen molar-refractivity contribution in [3.05, 3.63) is 60.7 Å².